The van der Waals surface area contributed by atoms with Crippen molar-refractivity contribution in [1.82, 2.24) is 10.6 Å². The van der Waals surface area contributed by atoms with Crippen molar-refractivity contribution in [2.45, 2.75) is 77.0 Å². The highest BCUT2D eigenvalue weighted by Gasteiger charge is 2.56. The van der Waals surface area contributed by atoms with Gasteiger partial charge in [0.1, 0.15) is 0 Å². The third-order valence-corrected chi connectivity index (χ3v) is 5.82. The van der Waals surface area contributed by atoms with Crippen LogP contribution in [-0.4, -0.2) is 50.5 Å². The van der Waals surface area contributed by atoms with E-state index in [1.165, 1.54) is 32.1 Å². The molecule has 3 unspecified atom stereocenters. The Hall–Kier alpha value is -0.0800. The van der Waals surface area contributed by atoms with Crippen LogP contribution in [0.5, 0.6) is 0 Å². The maximum absolute atomic E-state index is 6.01. The third kappa shape index (κ3) is 4.36. The van der Waals surface area contributed by atoms with Gasteiger partial charge in [-0.05, 0) is 46.0 Å². The Kier molecular flexibility index (Phi) is 8.07. The van der Waals surface area contributed by atoms with Crippen LogP contribution in [0, 0.1) is 5.41 Å². The Bertz CT molecular complexity index is 407. The molecule has 0 radical (unpaired) electrons. The molecule has 0 amide bonds. The van der Waals surface area contributed by atoms with Crippen LogP contribution in [0.15, 0.2) is 4.99 Å². The maximum Gasteiger partial charge on any atom is 0.191 e. The molecule has 2 saturated carbocycles. The predicted octanol–water partition coefficient (Wildman–Crippen LogP) is 3.08. The molecule has 6 heteroatoms. The van der Waals surface area contributed by atoms with E-state index >= 15 is 0 Å². The van der Waals surface area contributed by atoms with E-state index in [1.54, 1.807) is 0 Å². The largest absolute Gasteiger partial charge is 0.378 e. The molecule has 2 N–H and O–H groups in total. The molecule has 0 bridgehead atoms. The lowest BCUT2D eigenvalue weighted by Gasteiger charge is -2.54. The van der Waals surface area contributed by atoms with Crippen molar-refractivity contribution in [3.63, 3.8) is 0 Å². The van der Waals surface area contributed by atoms with Crippen molar-refractivity contribution in [2.75, 3.05) is 26.3 Å². The van der Waals surface area contributed by atoms with Crippen molar-refractivity contribution < 1.29 is 9.47 Å². The monoisotopic (exact) mass is 451 g/mol. The first kappa shape index (κ1) is 20.2. The van der Waals surface area contributed by atoms with Gasteiger partial charge in [0.15, 0.2) is 5.96 Å². The van der Waals surface area contributed by atoms with Gasteiger partial charge >= 0.3 is 0 Å². The summed E-state index contributed by atoms with van der Waals surface area (Å²) < 4.78 is 11.7. The lowest BCUT2D eigenvalue weighted by molar-refractivity contribution is -0.125. The zero-order chi connectivity index (χ0) is 16.1. The topological polar surface area (TPSA) is 54.9 Å². The molecule has 0 aromatic carbocycles. The van der Waals surface area contributed by atoms with Crippen LogP contribution in [0.2, 0.25) is 0 Å². The van der Waals surface area contributed by atoms with Gasteiger partial charge in [0, 0.05) is 31.2 Å². The summed E-state index contributed by atoms with van der Waals surface area (Å²) in [6.07, 6.45) is 9.43. The molecule has 3 rings (SSSR count). The van der Waals surface area contributed by atoms with E-state index < -0.39 is 0 Å². The van der Waals surface area contributed by atoms with Crippen LogP contribution in [0.4, 0.5) is 0 Å². The number of ether oxygens (including phenoxy) is 2. The SMILES string of the molecule is CCNC(=NCC1CCCO1)NC1CC(OCC)C12CCCC2.I. The molecular formula is C18H34IN3O2. The first-order chi connectivity index (χ1) is 11.3. The third-order valence-electron chi connectivity index (χ3n) is 5.82. The van der Waals surface area contributed by atoms with E-state index in [4.69, 9.17) is 14.5 Å². The molecular weight excluding hydrogens is 417 g/mol. The molecule has 2 aliphatic carbocycles. The molecule has 3 atom stereocenters. The van der Waals surface area contributed by atoms with Crippen molar-refractivity contribution in [1.29, 1.82) is 0 Å². The minimum atomic E-state index is 0. The molecule has 1 spiro atoms. The lowest BCUT2D eigenvalue weighted by Crippen LogP contribution is -2.65. The highest BCUT2D eigenvalue weighted by Crippen LogP contribution is 2.54. The zero-order valence-corrected chi connectivity index (χ0v) is 17.5. The first-order valence-electron chi connectivity index (χ1n) is 9.56. The molecule has 5 nitrogen and oxygen atoms in total. The van der Waals surface area contributed by atoms with Crippen LogP contribution in [0.25, 0.3) is 0 Å². The van der Waals surface area contributed by atoms with Crippen molar-refractivity contribution in [2.24, 2.45) is 10.4 Å². The molecule has 24 heavy (non-hydrogen) atoms. The number of nitrogens with one attached hydrogen (secondary N) is 2. The van der Waals surface area contributed by atoms with Gasteiger partial charge in [0.05, 0.1) is 18.8 Å². The Labute approximate surface area is 163 Å². The van der Waals surface area contributed by atoms with Crippen molar-refractivity contribution in [3.05, 3.63) is 0 Å². The van der Waals surface area contributed by atoms with E-state index in [-0.39, 0.29) is 24.0 Å². The maximum atomic E-state index is 6.01. The Morgan fingerprint density at radius 3 is 2.67 bits per heavy atom. The fraction of sp³-hybridized carbons (Fsp3) is 0.944. The van der Waals surface area contributed by atoms with Crippen LogP contribution in [-0.2, 0) is 9.47 Å². The summed E-state index contributed by atoms with van der Waals surface area (Å²) in [4.78, 5) is 4.77. The van der Waals surface area contributed by atoms with Gasteiger partial charge in [0.2, 0.25) is 0 Å². The van der Waals surface area contributed by atoms with E-state index in [2.05, 4.69) is 24.5 Å². The van der Waals surface area contributed by atoms with E-state index in [0.717, 1.165) is 45.1 Å². The number of nitrogens with zero attached hydrogens (tertiary/aromatic N) is 1. The number of hydrogen-bond donors (Lipinski definition) is 2. The molecule has 1 saturated heterocycles. The van der Waals surface area contributed by atoms with Crippen molar-refractivity contribution >= 4 is 29.9 Å². The second-order valence-electron chi connectivity index (χ2n) is 7.17. The summed E-state index contributed by atoms with van der Waals surface area (Å²) in [5, 5.41) is 7.10. The van der Waals surface area contributed by atoms with Crippen LogP contribution in [0.3, 0.4) is 0 Å². The molecule has 140 valence electrons. The minimum Gasteiger partial charge on any atom is -0.378 e. The smallest absolute Gasteiger partial charge is 0.191 e. The van der Waals surface area contributed by atoms with Gasteiger partial charge in [0.25, 0.3) is 0 Å². The quantitative estimate of drug-likeness (QED) is 0.370. The number of halogens is 1. The van der Waals surface area contributed by atoms with Gasteiger partial charge < -0.3 is 20.1 Å². The fourth-order valence-corrected chi connectivity index (χ4v) is 4.56. The molecule has 1 aliphatic heterocycles. The van der Waals surface area contributed by atoms with Gasteiger partial charge in [-0.25, -0.2) is 0 Å². The van der Waals surface area contributed by atoms with Crippen LogP contribution in [0.1, 0.15) is 58.8 Å². The summed E-state index contributed by atoms with van der Waals surface area (Å²) in [6.45, 7) is 7.61. The van der Waals surface area contributed by atoms with Gasteiger partial charge in [-0.2, -0.15) is 0 Å². The zero-order valence-electron chi connectivity index (χ0n) is 15.2. The summed E-state index contributed by atoms with van der Waals surface area (Å²) in [6, 6.07) is 0.504. The molecule has 1 heterocycles. The molecule has 3 aliphatic rings. The van der Waals surface area contributed by atoms with E-state index in [0.29, 0.717) is 23.7 Å². The summed E-state index contributed by atoms with van der Waals surface area (Å²) in [5.74, 6) is 0.953. The highest BCUT2D eigenvalue weighted by molar-refractivity contribution is 14.0. The van der Waals surface area contributed by atoms with Crippen LogP contribution >= 0.6 is 24.0 Å². The number of aliphatic imine (C=N–C) groups is 1. The summed E-state index contributed by atoms with van der Waals surface area (Å²) in [7, 11) is 0. The van der Waals surface area contributed by atoms with Crippen molar-refractivity contribution in [3.8, 4) is 0 Å². The average molecular weight is 451 g/mol. The molecule has 3 fully saturated rings. The highest BCUT2D eigenvalue weighted by atomic mass is 127. The fourth-order valence-electron chi connectivity index (χ4n) is 4.56. The Balaban J connectivity index is 0.00000208. The average Bonchev–Trinajstić information content (AvgIpc) is 3.23. The summed E-state index contributed by atoms with van der Waals surface area (Å²) >= 11 is 0. The minimum absolute atomic E-state index is 0. The Morgan fingerprint density at radius 2 is 2.04 bits per heavy atom. The molecule has 0 aromatic heterocycles. The lowest BCUT2D eigenvalue weighted by atomic mass is 9.60. The Morgan fingerprint density at radius 1 is 1.25 bits per heavy atom. The van der Waals surface area contributed by atoms with E-state index in [1.807, 2.05) is 0 Å². The second kappa shape index (κ2) is 9.57. The standard InChI is InChI=1S/C18H33N3O2.HI/c1-3-19-17(20-13-14-8-7-11-23-14)21-15-12-16(22-4-2)18(15)9-5-6-10-18;/h14-16H,3-13H2,1-2H3,(H2,19,20,21);1H. The van der Waals surface area contributed by atoms with E-state index in [9.17, 15) is 0 Å². The number of hydrogen-bond acceptors (Lipinski definition) is 3. The first-order valence-corrected chi connectivity index (χ1v) is 9.56. The molecule has 0 aromatic rings. The van der Waals surface area contributed by atoms with Gasteiger partial charge in [-0.15, -0.1) is 24.0 Å². The van der Waals surface area contributed by atoms with Gasteiger partial charge in [-0.3, -0.25) is 4.99 Å². The second-order valence-corrected chi connectivity index (χ2v) is 7.17. The normalized spacial score (nSPS) is 31.6. The number of rotatable bonds is 6. The number of guanidine groups is 1. The van der Waals surface area contributed by atoms with Gasteiger partial charge in [-0.1, -0.05) is 12.8 Å². The predicted molar refractivity (Wildman–Crippen MR) is 108 cm³/mol. The summed E-state index contributed by atoms with van der Waals surface area (Å²) in [5.41, 5.74) is 0.343. The van der Waals surface area contributed by atoms with Crippen LogP contribution < -0.4 is 10.6 Å².